The Kier molecular flexibility index (Phi) is 9.22. The van der Waals surface area contributed by atoms with E-state index in [-0.39, 0.29) is 30.7 Å². The van der Waals surface area contributed by atoms with Crippen LogP contribution in [0.15, 0.2) is 77.3 Å². The van der Waals surface area contributed by atoms with Crippen LogP contribution in [0.3, 0.4) is 0 Å². The minimum Gasteiger partial charge on any atom is -0.434 e. The molecule has 7 nitrogen and oxygen atoms in total. The van der Waals surface area contributed by atoms with Gasteiger partial charge >= 0.3 is 6.16 Å². The second kappa shape index (κ2) is 12.6. The Morgan fingerprint density at radius 1 is 0.941 bits per heavy atom. The molecule has 176 valence electrons. The van der Waals surface area contributed by atoms with E-state index in [0.717, 1.165) is 15.6 Å². The summed E-state index contributed by atoms with van der Waals surface area (Å²) in [4.78, 5) is 36.4. The third-order valence-electron chi connectivity index (χ3n) is 4.84. The largest absolute Gasteiger partial charge is 0.513 e. The van der Waals surface area contributed by atoms with Crippen LogP contribution in [0.4, 0.5) is 10.5 Å². The fraction of sp³-hybridized carbons (Fsp3) is 0.192. The summed E-state index contributed by atoms with van der Waals surface area (Å²) >= 11 is 3.44. The van der Waals surface area contributed by atoms with Gasteiger partial charge in [0.2, 0.25) is 5.91 Å². The second-order valence-corrected chi connectivity index (χ2v) is 8.24. The van der Waals surface area contributed by atoms with Crippen molar-refractivity contribution in [3.63, 3.8) is 0 Å². The normalized spacial score (nSPS) is 10.3. The van der Waals surface area contributed by atoms with Crippen molar-refractivity contribution in [1.82, 2.24) is 5.32 Å². The molecular formula is C26H25BrN2O5. The fourth-order valence-corrected chi connectivity index (χ4v) is 3.60. The molecule has 0 radical (unpaired) electrons. The Balaban J connectivity index is 1.53. The molecule has 0 bridgehead atoms. The number of benzene rings is 3. The van der Waals surface area contributed by atoms with Crippen LogP contribution >= 0.6 is 15.9 Å². The molecule has 0 aliphatic rings. The van der Waals surface area contributed by atoms with Crippen LogP contribution in [-0.2, 0) is 22.5 Å². The zero-order valence-corrected chi connectivity index (χ0v) is 20.3. The molecule has 3 aromatic rings. The smallest absolute Gasteiger partial charge is 0.434 e. The number of rotatable bonds is 9. The maximum absolute atomic E-state index is 12.5. The molecule has 0 aromatic heterocycles. The molecule has 0 saturated carbocycles. The number of carbonyl (C=O) groups excluding carboxylic acids is 3. The van der Waals surface area contributed by atoms with E-state index >= 15 is 0 Å². The van der Waals surface area contributed by atoms with Crippen molar-refractivity contribution >= 4 is 39.6 Å². The molecule has 2 amide bonds. The Hall–Kier alpha value is -3.65. The monoisotopic (exact) mass is 524 g/mol. The molecule has 0 saturated heterocycles. The highest BCUT2D eigenvalue weighted by atomic mass is 79.9. The second-order valence-electron chi connectivity index (χ2n) is 7.33. The highest BCUT2D eigenvalue weighted by molar-refractivity contribution is 9.10. The number of halogens is 1. The molecule has 3 aromatic carbocycles. The predicted molar refractivity (Wildman–Crippen MR) is 133 cm³/mol. The van der Waals surface area contributed by atoms with Gasteiger partial charge in [0, 0.05) is 28.7 Å². The lowest BCUT2D eigenvalue weighted by atomic mass is 10.1. The Morgan fingerprint density at radius 3 is 2.44 bits per heavy atom. The molecule has 0 spiro atoms. The quantitative estimate of drug-likeness (QED) is 0.285. The van der Waals surface area contributed by atoms with Crippen molar-refractivity contribution in [2.45, 2.75) is 26.3 Å². The van der Waals surface area contributed by atoms with Gasteiger partial charge < -0.3 is 20.1 Å². The lowest BCUT2D eigenvalue weighted by molar-refractivity contribution is -0.116. The third-order valence-corrected chi connectivity index (χ3v) is 5.33. The highest BCUT2D eigenvalue weighted by Crippen LogP contribution is 2.18. The van der Waals surface area contributed by atoms with Crippen molar-refractivity contribution in [1.29, 1.82) is 0 Å². The molecule has 8 heteroatoms. The lowest BCUT2D eigenvalue weighted by Crippen LogP contribution is -2.24. The summed E-state index contributed by atoms with van der Waals surface area (Å²) in [6, 6.07) is 21.3. The maximum Gasteiger partial charge on any atom is 0.513 e. The van der Waals surface area contributed by atoms with Crippen LogP contribution in [-0.4, -0.2) is 24.6 Å². The zero-order chi connectivity index (χ0) is 24.3. The summed E-state index contributed by atoms with van der Waals surface area (Å²) in [5, 5.41) is 5.78. The lowest BCUT2D eigenvalue weighted by Gasteiger charge is -2.12. The van der Waals surface area contributed by atoms with Crippen molar-refractivity contribution in [2.75, 3.05) is 11.9 Å². The minimum absolute atomic E-state index is 0.101. The fourth-order valence-electron chi connectivity index (χ4n) is 3.15. The van der Waals surface area contributed by atoms with Crippen molar-refractivity contribution < 1.29 is 23.9 Å². The average Bonchev–Trinajstić information content (AvgIpc) is 2.83. The van der Waals surface area contributed by atoms with E-state index in [2.05, 4.69) is 26.6 Å². The molecule has 0 fully saturated rings. The summed E-state index contributed by atoms with van der Waals surface area (Å²) in [7, 11) is 0. The summed E-state index contributed by atoms with van der Waals surface area (Å²) in [5.74, 6) is -0.111. The van der Waals surface area contributed by atoms with Gasteiger partial charge in [-0.2, -0.15) is 0 Å². The number of anilines is 1. The molecule has 2 N–H and O–H groups in total. The van der Waals surface area contributed by atoms with Crippen LogP contribution in [0.5, 0.6) is 5.75 Å². The van der Waals surface area contributed by atoms with Crippen molar-refractivity contribution in [3.05, 3.63) is 94.0 Å². The number of nitrogens with one attached hydrogen (secondary N) is 2. The number of aryl methyl sites for hydroxylation is 1. The molecule has 0 unspecified atom stereocenters. The molecule has 0 heterocycles. The third kappa shape index (κ3) is 7.74. The standard InChI is InChI=1S/C26H25BrN2O5/c1-2-33-26(32)34-22-13-11-19(12-14-22)25(31)28-17-20-7-3-4-9-23(20)29-24(30)15-10-18-6-5-8-21(27)16-18/h3-9,11-14,16H,2,10,15,17H2,1H3,(H,28,31)(H,29,30). The van der Waals surface area contributed by atoms with Gasteiger partial charge in [0.15, 0.2) is 0 Å². The highest BCUT2D eigenvalue weighted by Gasteiger charge is 2.11. The van der Waals surface area contributed by atoms with Crippen LogP contribution in [0.25, 0.3) is 0 Å². The van der Waals surface area contributed by atoms with Crippen LogP contribution in [0.1, 0.15) is 34.8 Å². The summed E-state index contributed by atoms with van der Waals surface area (Å²) < 4.78 is 10.7. The van der Waals surface area contributed by atoms with Crippen LogP contribution in [0.2, 0.25) is 0 Å². The van der Waals surface area contributed by atoms with E-state index in [1.807, 2.05) is 42.5 Å². The number of ether oxygens (including phenoxy) is 2. The Bertz CT molecular complexity index is 1150. The molecular weight excluding hydrogens is 500 g/mol. The molecule has 0 atom stereocenters. The van der Waals surface area contributed by atoms with E-state index in [1.165, 1.54) is 12.1 Å². The number of hydrogen-bond acceptors (Lipinski definition) is 5. The van der Waals surface area contributed by atoms with Gasteiger partial charge in [-0.25, -0.2) is 4.79 Å². The SMILES string of the molecule is CCOC(=O)Oc1ccc(C(=O)NCc2ccccc2NC(=O)CCc2cccc(Br)c2)cc1. The molecule has 3 rings (SSSR count). The number of amides is 2. The number of carbonyl (C=O) groups is 3. The molecule has 0 aliphatic carbocycles. The number of hydrogen-bond donors (Lipinski definition) is 2. The van der Waals surface area contributed by atoms with E-state index in [1.54, 1.807) is 25.1 Å². The van der Waals surface area contributed by atoms with Gasteiger partial charge in [-0.05, 0) is 66.9 Å². The minimum atomic E-state index is -0.796. The molecule has 0 aliphatic heterocycles. The average molecular weight is 525 g/mol. The first-order valence-corrected chi connectivity index (χ1v) is 11.6. The van der Waals surface area contributed by atoms with Crippen LogP contribution in [0, 0.1) is 0 Å². The van der Waals surface area contributed by atoms with E-state index in [9.17, 15) is 14.4 Å². The maximum atomic E-state index is 12.5. The van der Waals surface area contributed by atoms with Gasteiger partial charge in [0.1, 0.15) is 5.75 Å². The zero-order valence-electron chi connectivity index (χ0n) is 18.7. The van der Waals surface area contributed by atoms with Crippen molar-refractivity contribution in [2.24, 2.45) is 0 Å². The van der Waals surface area contributed by atoms with E-state index in [4.69, 9.17) is 9.47 Å². The Morgan fingerprint density at radius 2 is 1.71 bits per heavy atom. The summed E-state index contributed by atoms with van der Waals surface area (Å²) in [6.45, 7) is 2.14. The van der Waals surface area contributed by atoms with Gasteiger partial charge in [0.05, 0.1) is 6.61 Å². The van der Waals surface area contributed by atoms with Crippen molar-refractivity contribution in [3.8, 4) is 5.75 Å². The van der Waals surface area contributed by atoms with Gasteiger partial charge in [-0.15, -0.1) is 0 Å². The van der Waals surface area contributed by atoms with Crippen LogP contribution < -0.4 is 15.4 Å². The van der Waals surface area contributed by atoms with Gasteiger partial charge in [-0.3, -0.25) is 9.59 Å². The summed E-state index contributed by atoms with van der Waals surface area (Å²) in [6.07, 6.45) is 0.173. The first kappa shape index (κ1) is 25.0. The summed E-state index contributed by atoms with van der Waals surface area (Å²) in [5.41, 5.74) is 2.92. The first-order valence-electron chi connectivity index (χ1n) is 10.8. The predicted octanol–water partition coefficient (Wildman–Crippen LogP) is 5.49. The number of para-hydroxylation sites is 1. The van der Waals surface area contributed by atoms with E-state index < -0.39 is 6.16 Å². The topological polar surface area (TPSA) is 93.7 Å². The molecule has 34 heavy (non-hydrogen) atoms. The first-order chi connectivity index (χ1) is 16.4. The Labute approximate surface area is 206 Å². The van der Waals surface area contributed by atoms with Gasteiger partial charge in [0.25, 0.3) is 5.91 Å². The van der Waals surface area contributed by atoms with Gasteiger partial charge in [-0.1, -0.05) is 46.3 Å². The van der Waals surface area contributed by atoms with E-state index in [0.29, 0.717) is 24.1 Å².